The van der Waals surface area contributed by atoms with E-state index in [1.54, 1.807) is 0 Å². The summed E-state index contributed by atoms with van der Waals surface area (Å²) in [5.41, 5.74) is 5.74. The van der Waals surface area contributed by atoms with Crippen LogP contribution in [0.15, 0.2) is 0 Å². The maximum absolute atomic E-state index is 11.6. The van der Waals surface area contributed by atoms with E-state index in [2.05, 4.69) is 12.2 Å². The summed E-state index contributed by atoms with van der Waals surface area (Å²) in [5.74, 6) is 1.05. The van der Waals surface area contributed by atoms with Gasteiger partial charge in [0.2, 0.25) is 5.91 Å². The SMILES string of the molecule is CC(CC1CC1)NC(=O)[C@H](N)C(C)C. The van der Waals surface area contributed by atoms with Gasteiger partial charge >= 0.3 is 0 Å². The van der Waals surface area contributed by atoms with Crippen molar-refractivity contribution in [3.05, 3.63) is 0 Å². The number of rotatable bonds is 5. The number of carbonyl (C=O) groups is 1. The minimum Gasteiger partial charge on any atom is -0.352 e. The normalized spacial score (nSPS) is 20.6. The van der Waals surface area contributed by atoms with E-state index >= 15 is 0 Å². The van der Waals surface area contributed by atoms with Gasteiger partial charge in [0.05, 0.1) is 6.04 Å². The number of amides is 1. The average molecular weight is 198 g/mol. The zero-order valence-electron chi connectivity index (χ0n) is 9.42. The molecule has 82 valence electrons. The van der Waals surface area contributed by atoms with Gasteiger partial charge in [-0.05, 0) is 25.2 Å². The number of hydrogen-bond acceptors (Lipinski definition) is 2. The van der Waals surface area contributed by atoms with Crippen molar-refractivity contribution in [2.75, 3.05) is 0 Å². The van der Waals surface area contributed by atoms with Crippen molar-refractivity contribution in [3.8, 4) is 0 Å². The molecule has 3 heteroatoms. The van der Waals surface area contributed by atoms with Crippen LogP contribution in [0.4, 0.5) is 0 Å². The van der Waals surface area contributed by atoms with Crippen molar-refractivity contribution < 1.29 is 4.79 Å². The minimum absolute atomic E-state index is 0.00634. The van der Waals surface area contributed by atoms with Crippen LogP contribution in [-0.2, 0) is 4.79 Å². The van der Waals surface area contributed by atoms with Gasteiger partial charge in [0.15, 0.2) is 0 Å². The molecule has 1 rings (SSSR count). The lowest BCUT2D eigenvalue weighted by molar-refractivity contribution is -0.123. The third-order valence-electron chi connectivity index (χ3n) is 2.79. The highest BCUT2D eigenvalue weighted by Crippen LogP contribution is 2.33. The molecule has 1 amide bonds. The van der Waals surface area contributed by atoms with Crippen molar-refractivity contribution in [1.82, 2.24) is 5.32 Å². The van der Waals surface area contributed by atoms with Crippen molar-refractivity contribution in [2.24, 2.45) is 17.6 Å². The van der Waals surface area contributed by atoms with E-state index in [1.807, 2.05) is 13.8 Å². The van der Waals surface area contributed by atoms with Crippen LogP contribution in [0.5, 0.6) is 0 Å². The van der Waals surface area contributed by atoms with Crippen molar-refractivity contribution in [2.45, 2.75) is 52.1 Å². The van der Waals surface area contributed by atoms with E-state index in [4.69, 9.17) is 5.73 Å². The molecule has 1 fully saturated rings. The maximum atomic E-state index is 11.6. The Labute approximate surface area is 86.4 Å². The van der Waals surface area contributed by atoms with Crippen molar-refractivity contribution >= 4 is 5.91 Å². The topological polar surface area (TPSA) is 55.1 Å². The van der Waals surface area contributed by atoms with Crippen LogP contribution in [-0.4, -0.2) is 18.0 Å². The van der Waals surface area contributed by atoms with Gasteiger partial charge in [-0.25, -0.2) is 0 Å². The molecule has 0 aliphatic heterocycles. The van der Waals surface area contributed by atoms with Crippen LogP contribution in [0.3, 0.4) is 0 Å². The molecule has 1 unspecified atom stereocenters. The number of nitrogens with one attached hydrogen (secondary N) is 1. The van der Waals surface area contributed by atoms with Crippen molar-refractivity contribution in [1.29, 1.82) is 0 Å². The first-order valence-electron chi connectivity index (χ1n) is 5.56. The number of carbonyl (C=O) groups excluding carboxylic acids is 1. The van der Waals surface area contributed by atoms with Crippen LogP contribution < -0.4 is 11.1 Å². The van der Waals surface area contributed by atoms with Gasteiger partial charge in [0.25, 0.3) is 0 Å². The van der Waals surface area contributed by atoms with Gasteiger partial charge < -0.3 is 11.1 Å². The van der Waals surface area contributed by atoms with Crippen LogP contribution in [0, 0.1) is 11.8 Å². The first-order chi connectivity index (χ1) is 6.50. The lowest BCUT2D eigenvalue weighted by atomic mass is 10.0. The molecule has 14 heavy (non-hydrogen) atoms. The summed E-state index contributed by atoms with van der Waals surface area (Å²) in [7, 11) is 0. The van der Waals surface area contributed by atoms with E-state index < -0.39 is 0 Å². The summed E-state index contributed by atoms with van der Waals surface area (Å²) in [6, 6.07) is -0.0866. The van der Waals surface area contributed by atoms with Crippen LogP contribution in [0.1, 0.15) is 40.0 Å². The van der Waals surface area contributed by atoms with Gasteiger partial charge in [-0.2, -0.15) is 0 Å². The van der Waals surface area contributed by atoms with E-state index in [-0.39, 0.29) is 23.9 Å². The summed E-state index contributed by atoms with van der Waals surface area (Å²) in [4.78, 5) is 11.6. The summed E-state index contributed by atoms with van der Waals surface area (Å²) < 4.78 is 0. The third kappa shape index (κ3) is 3.66. The highest BCUT2D eigenvalue weighted by Gasteiger charge is 2.25. The fourth-order valence-corrected chi connectivity index (χ4v) is 1.55. The predicted molar refractivity (Wildman–Crippen MR) is 57.8 cm³/mol. The molecule has 0 aromatic heterocycles. The molecular weight excluding hydrogens is 176 g/mol. The van der Waals surface area contributed by atoms with E-state index in [9.17, 15) is 4.79 Å². The molecular formula is C11H22N2O. The third-order valence-corrected chi connectivity index (χ3v) is 2.79. The highest BCUT2D eigenvalue weighted by molar-refractivity contribution is 5.81. The molecule has 0 spiro atoms. The van der Waals surface area contributed by atoms with E-state index in [0.717, 1.165) is 12.3 Å². The monoisotopic (exact) mass is 198 g/mol. The van der Waals surface area contributed by atoms with Crippen LogP contribution in [0.2, 0.25) is 0 Å². The van der Waals surface area contributed by atoms with Crippen LogP contribution >= 0.6 is 0 Å². The highest BCUT2D eigenvalue weighted by atomic mass is 16.2. The predicted octanol–water partition coefficient (Wildman–Crippen LogP) is 1.27. The largest absolute Gasteiger partial charge is 0.352 e. The molecule has 0 bridgehead atoms. The van der Waals surface area contributed by atoms with E-state index in [1.165, 1.54) is 12.8 Å². The summed E-state index contributed by atoms with van der Waals surface area (Å²) in [6.07, 6.45) is 3.77. The Morgan fingerprint density at radius 2 is 2.00 bits per heavy atom. The molecule has 0 saturated heterocycles. The molecule has 2 atom stereocenters. The first-order valence-corrected chi connectivity index (χ1v) is 5.56. The summed E-state index contributed by atoms with van der Waals surface area (Å²) in [5, 5.41) is 2.97. The molecule has 3 nitrogen and oxygen atoms in total. The molecule has 1 aliphatic rings. The molecule has 0 radical (unpaired) electrons. The molecule has 3 N–H and O–H groups in total. The smallest absolute Gasteiger partial charge is 0.237 e. The van der Waals surface area contributed by atoms with Crippen LogP contribution in [0.25, 0.3) is 0 Å². The van der Waals surface area contributed by atoms with Gasteiger partial charge in [0, 0.05) is 6.04 Å². The fourth-order valence-electron chi connectivity index (χ4n) is 1.55. The van der Waals surface area contributed by atoms with Gasteiger partial charge in [-0.1, -0.05) is 26.7 Å². The Hall–Kier alpha value is -0.570. The van der Waals surface area contributed by atoms with Gasteiger partial charge in [-0.3, -0.25) is 4.79 Å². The fraction of sp³-hybridized carbons (Fsp3) is 0.909. The zero-order valence-corrected chi connectivity index (χ0v) is 9.42. The lowest BCUT2D eigenvalue weighted by Crippen LogP contribution is -2.47. The Morgan fingerprint density at radius 3 is 2.43 bits per heavy atom. The van der Waals surface area contributed by atoms with Crippen molar-refractivity contribution in [3.63, 3.8) is 0 Å². The summed E-state index contributed by atoms with van der Waals surface area (Å²) in [6.45, 7) is 5.99. The van der Waals surface area contributed by atoms with E-state index in [0.29, 0.717) is 0 Å². The Bertz CT molecular complexity index is 199. The second-order valence-electron chi connectivity index (χ2n) is 4.86. The molecule has 1 aliphatic carbocycles. The molecule has 0 aromatic carbocycles. The number of hydrogen-bond donors (Lipinski definition) is 2. The first kappa shape index (κ1) is 11.5. The zero-order chi connectivity index (χ0) is 10.7. The van der Waals surface area contributed by atoms with Gasteiger partial charge in [-0.15, -0.1) is 0 Å². The average Bonchev–Trinajstić information content (AvgIpc) is 2.86. The quantitative estimate of drug-likeness (QED) is 0.699. The second kappa shape index (κ2) is 4.78. The minimum atomic E-state index is -0.364. The molecule has 0 heterocycles. The second-order valence-corrected chi connectivity index (χ2v) is 4.86. The Balaban J connectivity index is 2.23. The summed E-state index contributed by atoms with van der Waals surface area (Å²) >= 11 is 0. The number of nitrogens with two attached hydrogens (primary N) is 1. The van der Waals surface area contributed by atoms with Gasteiger partial charge in [0.1, 0.15) is 0 Å². The Morgan fingerprint density at radius 1 is 1.43 bits per heavy atom. The molecule has 1 saturated carbocycles. The Kier molecular flexibility index (Phi) is 3.93. The molecule has 0 aromatic rings. The lowest BCUT2D eigenvalue weighted by Gasteiger charge is -2.19. The maximum Gasteiger partial charge on any atom is 0.237 e. The standard InChI is InChI=1S/C11H22N2O/c1-7(2)10(12)11(14)13-8(3)6-9-4-5-9/h7-10H,4-6,12H2,1-3H3,(H,13,14)/t8?,10-/m1/s1.